The lowest BCUT2D eigenvalue weighted by atomic mass is 10.1. The summed E-state index contributed by atoms with van der Waals surface area (Å²) >= 11 is 0. The van der Waals surface area contributed by atoms with Crippen LogP contribution in [0.25, 0.3) is 0 Å². The van der Waals surface area contributed by atoms with Crippen LogP contribution in [0.4, 0.5) is 0 Å². The number of aliphatic hydroxyl groups is 1. The number of hydrogen-bond acceptors (Lipinski definition) is 5. The van der Waals surface area contributed by atoms with Gasteiger partial charge in [-0.15, -0.1) is 0 Å². The molecule has 1 aromatic carbocycles. The molecule has 0 saturated heterocycles. The van der Waals surface area contributed by atoms with Crippen LogP contribution in [0.5, 0.6) is 11.5 Å². The molecule has 5 heteroatoms. The number of hydrogen-bond donors (Lipinski definition) is 1. The molecule has 0 bridgehead atoms. The second-order valence-electron chi connectivity index (χ2n) is 4.39. The zero-order chi connectivity index (χ0) is 13.5. The van der Waals surface area contributed by atoms with Gasteiger partial charge in [-0.1, -0.05) is 0 Å². The van der Waals surface area contributed by atoms with Crippen LogP contribution in [0, 0.1) is 0 Å². The molecule has 0 saturated carbocycles. The van der Waals surface area contributed by atoms with E-state index in [1.165, 1.54) is 12.7 Å². The number of methoxy groups -OCH3 is 1. The Morgan fingerprint density at radius 3 is 3.16 bits per heavy atom. The van der Waals surface area contributed by atoms with Crippen LogP contribution in [0.2, 0.25) is 0 Å². The molecule has 106 valence electrons. The fraction of sp³-hybridized carbons (Fsp3) is 0.571. The van der Waals surface area contributed by atoms with Crippen LogP contribution < -0.4 is 9.47 Å². The lowest BCUT2D eigenvalue weighted by Gasteiger charge is -2.18. The predicted octanol–water partition coefficient (Wildman–Crippen LogP) is 1.72. The maximum Gasteiger partial charge on any atom is 0.160 e. The van der Waals surface area contributed by atoms with E-state index < -0.39 is 6.29 Å². The van der Waals surface area contributed by atoms with E-state index >= 15 is 0 Å². The fourth-order valence-corrected chi connectivity index (χ4v) is 1.93. The first-order chi connectivity index (χ1) is 9.29. The van der Waals surface area contributed by atoms with Gasteiger partial charge < -0.3 is 24.1 Å². The Bertz CT molecular complexity index is 393. The number of ether oxygens (including phenoxy) is 4. The maximum atomic E-state index is 9.45. The van der Waals surface area contributed by atoms with Crippen molar-refractivity contribution in [1.29, 1.82) is 0 Å². The average molecular weight is 268 g/mol. The number of aryl methyl sites for hydroxylation is 1. The number of aliphatic hydroxyl groups excluding tert-OH is 1. The van der Waals surface area contributed by atoms with Crippen molar-refractivity contribution in [2.24, 2.45) is 0 Å². The molecule has 1 aromatic rings. The van der Waals surface area contributed by atoms with Crippen molar-refractivity contribution in [3.63, 3.8) is 0 Å². The smallest absolute Gasteiger partial charge is 0.160 e. The van der Waals surface area contributed by atoms with Crippen molar-refractivity contribution in [3.05, 3.63) is 23.8 Å². The van der Waals surface area contributed by atoms with E-state index in [-0.39, 0.29) is 6.79 Å². The Kier molecular flexibility index (Phi) is 5.44. The van der Waals surface area contributed by atoms with Crippen molar-refractivity contribution in [2.75, 3.05) is 27.1 Å². The van der Waals surface area contributed by atoms with E-state index in [9.17, 15) is 5.11 Å². The van der Waals surface area contributed by atoms with Crippen LogP contribution in [0.15, 0.2) is 18.2 Å². The van der Waals surface area contributed by atoms with Crippen molar-refractivity contribution < 1.29 is 24.1 Å². The van der Waals surface area contributed by atoms with Crippen molar-refractivity contribution >= 4 is 0 Å². The number of benzene rings is 1. The van der Waals surface area contributed by atoms with Gasteiger partial charge in [-0.2, -0.15) is 0 Å². The fourth-order valence-electron chi connectivity index (χ4n) is 1.93. The minimum absolute atomic E-state index is 0.0807. The Morgan fingerprint density at radius 1 is 1.42 bits per heavy atom. The molecule has 0 spiro atoms. The third-order valence-corrected chi connectivity index (χ3v) is 2.89. The van der Waals surface area contributed by atoms with Gasteiger partial charge in [0.2, 0.25) is 0 Å². The van der Waals surface area contributed by atoms with Gasteiger partial charge in [-0.05, 0) is 36.6 Å². The summed E-state index contributed by atoms with van der Waals surface area (Å²) in [4.78, 5) is 0. The highest BCUT2D eigenvalue weighted by Gasteiger charge is 2.11. The maximum absolute atomic E-state index is 9.45. The van der Waals surface area contributed by atoms with E-state index in [2.05, 4.69) is 0 Å². The van der Waals surface area contributed by atoms with Crippen LogP contribution in [-0.4, -0.2) is 38.5 Å². The van der Waals surface area contributed by atoms with Gasteiger partial charge in [0.25, 0.3) is 0 Å². The van der Waals surface area contributed by atoms with Gasteiger partial charge in [-0.25, -0.2) is 0 Å². The Morgan fingerprint density at radius 2 is 2.32 bits per heavy atom. The zero-order valence-corrected chi connectivity index (χ0v) is 11.1. The summed E-state index contributed by atoms with van der Waals surface area (Å²) in [6, 6.07) is 5.81. The zero-order valence-electron chi connectivity index (χ0n) is 11.1. The molecule has 2 rings (SSSR count). The molecule has 1 aliphatic heterocycles. The van der Waals surface area contributed by atoms with E-state index in [1.807, 2.05) is 18.2 Å². The minimum atomic E-state index is -0.860. The van der Waals surface area contributed by atoms with E-state index in [0.717, 1.165) is 30.9 Å². The molecule has 1 N–H and O–H groups in total. The van der Waals surface area contributed by atoms with Gasteiger partial charge in [0.15, 0.2) is 6.29 Å². The summed E-state index contributed by atoms with van der Waals surface area (Å²) in [6.45, 7) is 1.26. The second kappa shape index (κ2) is 7.33. The van der Waals surface area contributed by atoms with Crippen molar-refractivity contribution in [2.45, 2.75) is 25.6 Å². The number of fused-ring (bicyclic) bond motifs is 1. The highest BCUT2D eigenvalue weighted by Crippen LogP contribution is 2.28. The molecular weight excluding hydrogens is 248 g/mol. The van der Waals surface area contributed by atoms with Gasteiger partial charge in [0, 0.05) is 13.5 Å². The Hall–Kier alpha value is -1.30. The van der Waals surface area contributed by atoms with Crippen LogP contribution >= 0.6 is 0 Å². The van der Waals surface area contributed by atoms with Gasteiger partial charge in [-0.3, -0.25) is 0 Å². The SMILES string of the molecule is COCOC(O)CCOc1ccc2c(c1)CCCO2. The molecule has 0 aliphatic carbocycles. The van der Waals surface area contributed by atoms with Gasteiger partial charge in [0.05, 0.1) is 13.2 Å². The van der Waals surface area contributed by atoms with Crippen LogP contribution in [0.3, 0.4) is 0 Å². The first kappa shape index (κ1) is 14.1. The van der Waals surface area contributed by atoms with Gasteiger partial charge in [0.1, 0.15) is 18.3 Å². The molecule has 19 heavy (non-hydrogen) atoms. The van der Waals surface area contributed by atoms with E-state index in [0.29, 0.717) is 13.0 Å². The molecule has 1 unspecified atom stereocenters. The summed E-state index contributed by atoms with van der Waals surface area (Å²) in [5, 5.41) is 9.45. The molecule has 0 aromatic heterocycles. The summed E-state index contributed by atoms with van der Waals surface area (Å²) < 4.78 is 20.8. The highest BCUT2D eigenvalue weighted by atomic mass is 16.7. The third kappa shape index (κ3) is 4.38. The lowest BCUT2D eigenvalue weighted by Crippen LogP contribution is -2.17. The van der Waals surface area contributed by atoms with Crippen LogP contribution in [0.1, 0.15) is 18.4 Å². The van der Waals surface area contributed by atoms with E-state index in [1.54, 1.807) is 0 Å². The monoisotopic (exact) mass is 268 g/mol. The molecule has 5 nitrogen and oxygen atoms in total. The van der Waals surface area contributed by atoms with Crippen molar-refractivity contribution in [3.8, 4) is 11.5 Å². The predicted molar refractivity (Wildman–Crippen MR) is 69.3 cm³/mol. The van der Waals surface area contributed by atoms with Crippen molar-refractivity contribution in [1.82, 2.24) is 0 Å². The third-order valence-electron chi connectivity index (χ3n) is 2.89. The second-order valence-corrected chi connectivity index (χ2v) is 4.39. The summed E-state index contributed by atoms with van der Waals surface area (Å²) in [5.41, 5.74) is 1.18. The van der Waals surface area contributed by atoms with E-state index in [4.69, 9.17) is 18.9 Å². The lowest BCUT2D eigenvalue weighted by molar-refractivity contribution is -0.165. The topological polar surface area (TPSA) is 57.2 Å². The molecular formula is C14H20O5. The Balaban J connectivity index is 1.77. The molecule has 1 aliphatic rings. The summed E-state index contributed by atoms with van der Waals surface area (Å²) in [5.74, 6) is 1.74. The van der Waals surface area contributed by atoms with Crippen LogP contribution in [-0.2, 0) is 15.9 Å². The molecule has 0 radical (unpaired) electrons. The first-order valence-corrected chi connectivity index (χ1v) is 6.46. The Labute approximate surface area is 113 Å². The normalized spacial score (nSPS) is 15.5. The molecule has 1 heterocycles. The largest absolute Gasteiger partial charge is 0.493 e. The highest BCUT2D eigenvalue weighted by molar-refractivity contribution is 5.41. The summed E-state index contributed by atoms with van der Waals surface area (Å²) in [6.07, 6.45) is 1.60. The van der Waals surface area contributed by atoms with Gasteiger partial charge >= 0.3 is 0 Å². The molecule has 0 fully saturated rings. The minimum Gasteiger partial charge on any atom is -0.493 e. The molecule has 1 atom stereocenters. The summed E-state index contributed by atoms with van der Waals surface area (Å²) in [7, 11) is 1.51. The molecule has 0 amide bonds. The first-order valence-electron chi connectivity index (χ1n) is 6.46. The average Bonchev–Trinajstić information content (AvgIpc) is 2.45. The standard InChI is InChI=1S/C14H20O5/c1-16-10-19-14(15)6-8-17-12-4-5-13-11(9-12)3-2-7-18-13/h4-5,9,14-15H,2-3,6-8,10H2,1H3. The number of rotatable bonds is 7. The quantitative estimate of drug-likeness (QED) is 0.763.